The van der Waals surface area contributed by atoms with E-state index in [0.29, 0.717) is 6.54 Å². The largest absolute Gasteiger partial charge is 0.441 e. The van der Waals surface area contributed by atoms with Crippen molar-refractivity contribution in [3.8, 4) is 0 Å². The van der Waals surface area contributed by atoms with Crippen molar-refractivity contribution in [3.63, 3.8) is 0 Å². The number of hydrogen-bond acceptors (Lipinski definition) is 2. The standard InChI is InChI=1S/C12H16F3NS/c1-9-4-3-5-11(8-9)10(2)16-6-7-17-12(13,14)15/h3-5,8,10,16H,6-7H2,1-2H3/t10-/m0/s1. The molecule has 1 atom stereocenters. The summed E-state index contributed by atoms with van der Waals surface area (Å²) in [6, 6.07) is 8.03. The van der Waals surface area contributed by atoms with Crippen molar-refractivity contribution >= 4 is 11.8 Å². The molecule has 0 spiro atoms. The van der Waals surface area contributed by atoms with Crippen LogP contribution in [-0.4, -0.2) is 17.8 Å². The molecule has 1 rings (SSSR count). The van der Waals surface area contributed by atoms with Gasteiger partial charge in [-0.3, -0.25) is 0 Å². The van der Waals surface area contributed by atoms with Crippen molar-refractivity contribution < 1.29 is 13.2 Å². The first-order valence-corrected chi connectivity index (χ1v) is 6.37. The Bertz CT molecular complexity index is 352. The molecule has 1 aromatic rings. The predicted molar refractivity (Wildman–Crippen MR) is 66.1 cm³/mol. The second-order valence-electron chi connectivity index (χ2n) is 3.88. The molecule has 0 fully saturated rings. The van der Waals surface area contributed by atoms with Crippen LogP contribution in [0.25, 0.3) is 0 Å². The van der Waals surface area contributed by atoms with Gasteiger partial charge >= 0.3 is 5.51 Å². The Morgan fingerprint density at radius 1 is 1.35 bits per heavy atom. The quantitative estimate of drug-likeness (QED) is 0.809. The van der Waals surface area contributed by atoms with E-state index in [4.69, 9.17) is 0 Å². The Hall–Kier alpha value is -0.680. The highest BCUT2D eigenvalue weighted by Crippen LogP contribution is 2.29. The summed E-state index contributed by atoms with van der Waals surface area (Å²) in [5.41, 5.74) is -1.88. The predicted octanol–water partition coefficient (Wildman–Crippen LogP) is 3.90. The van der Waals surface area contributed by atoms with Crippen molar-refractivity contribution in [3.05, 3.63) is 35.4 Å². The smallest absolute Gasteiger partial charge is 0.309 e. The third-order valence-electron chi connectivity index (χ3n) is 2.36. The van der Waals surface area contributed by atoms with E-state index in [1.807, 2.05) is 38.1 Å². The van der Waals surface area contributed by atoms with Gasteiger partial charge in [0.2, 0.25) is 0 Å². The molecular formula is C12H16F3NS. The number of alkyl halides is 3. The molecule has 0 aromatic heterocycles. The summed E-state index contributed by atoms with van der Waals surface area (Å²) in [5, 5.41) is 3.08. The van der Waals surface area contributed by atoms with E-state index >= 15 is 0 Å². The third kappa shape index (κ3) is 5.98. The van der Waals surface area contributed by atoms with Crippen LogP contribution in [0, 0.1) is 6.92 Å². The third-order valence-corrected chi connectivity index (χ3v) is 3.10. The molecule has 0 heterocycles. The summed E-state index contributed by atoms with van der Waals surface area (Å²) in [7, 11) is 0. The number of rotatable bonds is 5. The zero-order chi connectivity index (χ0) is 12.9. The van der Waals surface area contributed by atoms with E-state index < -0.39 is 5.51 Å². The number of aryl methyl sites for hydroxylation is 1. The second kappa shape index (κ2) is 6.31. The minimum Gasteiger partial charge on any atom is -0.309 e. The van der Waals surface area contributed by atoms with E-state index in [0.717, 1.165) is 11.1 Å². The summed E-state index contributed by atoms with van der Waals surface area (Å²) in [4.78, 5) is 0. The van der Waals surface area contributed by atoms with Crippen molar-refractivity contribution in [1.82, 2.24) is 5.32 Å². The number of halogens is 3. The molecular weight excluding hydrogens is 247 g/mol. The van der Waals surface area contributed by atoms with E-state index in [-0.39, 0.29) is 23.6 Å². The first kappa shape index (κ1) is 14.4. The average Bonchev–Trinajstić information content (AvgIpc) is 2.23. The van der Waals surface area contributed by atoms with Crippen molar-refractivity contribution in [2.24, 2.45) is 0 Å². The average molecular weight is 263 g/mol. The van der Waals surface area contributed by atoms with Gasteiger partial charge in [0.15, 0.2) is 0 Å². The molecule has 0 aliphatic heterocycles. The topological polar surface area (TPSA) is 12.0 Å². The molecule has 17 heavy (non-hydrogen) atoms. The van der Waals surface area contributed by atoms with Crippen molar-refractivity contribution in [2.75, 3.05) is 12.3 Å². The zero-order valence-electron chi connectivity index (χ0n) is 9.84. The fourth-order valence-corrected chi connectivity index (χ4v) is 1.95. The van der Waals surface area contributed by atoms with Gasteiger partial charge in [-0.05, 0) is 31.2 Å². The molecule has 96 valence electrons. The lowest BCUT2D eigenvalue weighted by Gasteiger charge is -2.15. The fraction of sp³-hybridized carbons (Fsp3) is 0.500. The maximum atomic E-state index is 11.9. The molecule has 0 radical (unpaired) electrons. The molecule has 1 N–H and O–H groups in total. The van der Waals surface area contributed by atoms with Gasteiger partial charge in [0.25, 0.3) is 0 Å². The minimum absolute atomic E-state index is 0.0114. The molecule has 0 bridgehead atoms. The van der Waals surface area contributed by atoms with Gasteiger partial charge in [-0.25, -0.2) is 0 Å². The van der Waals surface area contributed by atoms with Crippen LogP contribution < -0.4 is 5.32 Å². The van der Waals surface area contributed by atoms with Gasteiger partial charge in [0, 0.05) is 18.3 Å². The van der Waals surface area contributed by atoms with Gasteiger partial charge in [0.05, 0.1) is 0 Å². The highest BCUT2D eigenvalue weighted by molar-refractivity contribution is 8.00. The van der Waals surface area contributed by atoms with Gasteiger partial charge in [0.1, 0.15) is 0 Å². The molecule has 0 aliphatic carbocycles. The Labute approximate surface area is 104 Å². The van der Waals surface area contributed by atoms with Gasteiger partial charge in [-0.1, -0.05) is 29.8 Å². The lowest BCUT2D eigenvalue weighted by molar-refractivity contribution is -0.0327. The lowest BCUT2D eigenvalue weighted by atomic mass is 10.1. The van der Waals surface area contributed by atoms with Crippen LogP contribution in [0.3, 0.4) is 0 Å². The van der Waals surface area contributed by atoms with Crippen molar-refractivity contribution in [1.29, 1.82) is 0 Å². The minimum atomic E-state index is -4.13. The fourth-order valence-electron chi connectivity index (χ4n) is 1.50. The number of benzene rings is 1. The molecule has 5 heteroatoms. The summed E-state index contributed by atoms with van der Waals surface area (Å²) in [6.45, 7) is 4.29. The Morgan fingerprint density at radius 2 is 2.06 bits per heavy atom. The molecule has 0 amide bonds. The Morgan fingerprint density at radius 3 is 2.65 bits per heavy atom. The highest BCUT2D eigenvalue weighted by atomic mass is 32.2. The monoisotopic (exact) mass is 263 g/mol. The summed E-state index contributed by atoms with van der Waals surface area (Å²) < 4.78 is 35.7. The first-order chi connectivity index (χ1) is 7.88. The molecule has 1 nitrogen and oxygen atoms in total. The summed E-state index contributed by atoms with van der Waals surface area (Å²) in [6.07, 6.45) is 0. The van der Waals surface area contributed by atoms with Crippen LogP contribution in [-0.2, 0) is 0 Å². The van der Waals surface area contributed by atoms with E-state index in [2.05, 4.69) is 5.32 Å². The highest BCUT2D eigenvalue weighted by Gasteiger charge is 2.27. The van der Waals surface area contributed by atoms with Gasteiger partial charge in [-0.2, -0.15) is 13.2 Å². The maximum Gasteiger partial charge on any atom is 0.441 e. The van der Waals surface area contributed by atoms with Gasteiger partial charge in [-0.15, -0.1) is 0 Å². The molecule has 0 saturated carbocycles. The van der Waals surface area contributed by atoms with E-state index in [1.54, 1.807) is 0 Å². The van der Waals surface area contributed by atoms with Crippen LogP contribution in [0.2, 0.25) is 0 Å². The summed E-state index contributed by atoms with van der Waals surface area (Å²) >= 11 is 0.0114. The number of nitrogens with one attached hydrogen (secondary N) is 1. The van der Waals surface area contributed by atoms with Crippen LogP contribution in [0.5, 0.6) is 0 Å². The second-order valence-corrected chi connectivity index (χ2v) is 5.04. The molecule has 0 unspecified atom stereocenters. The van der Waals surface area contributed by atoms with E-state index in [1.165, 1.54) is 0 Å². The molecule has 1 aromatic carbocycles. The number of hydrogen-bond donors (Lipinski definition) is 1. The van der Waals surface area contributed by atoms with Crippen molar-refractivity contribution in [2.45, 2.75) is 25.4 Å². The Kier molecular flexibility index (Phi) is 5.33. The normalized spacial score (nSPS) is 13.7. The first-order valence-electron chi connectivity index (χ1n) is 5.39. The zero-order valence-corrected chi connectivity index (χ0v) is 10.7. The lowest BCUT2D eigenvalue weighted by Crippen LogP contribution is -2.22. The van der Waals surface area contributed by atoms with E-state index in [9.17, 15) is 13.2 Å². The van der Waals surface area contributed by atoms with Crippen LogP contribution in [0.15, 0.2) is 24.3 Å². The SMILES string of the molecule is Cc1cccc([C@H](C)NCCSC(F)(F)F)c1. The van der Waals surface area contributed by atoms with Crippen LogP contribution in [0.4, 0.5) is 13.2 Å². The van der Waals surface area contributed by atoms with Crippen LogP contribution in [0.1, 0.15) is 24.1 Å². The maximum absolute atomic E-state index is 11.9. The number of thioether (sulfide) groups is 1. The Balaban J connectivity index is 2.33. The van der Waals surface area contributed by atoms with Gasteiger partial charge < -0.3 is 5.32 Å². The molecule has 0 saturated heterocycles. The molecule has 0 aliphatic rings. The van der Waals surface area contributed by atoms with Crippen LogP contribution >= 0.6 is 11.8 Å². The summed E-state index contributed by atoms with van der Waals surface area (Å²) in [5.74, 6) is 0.0413.